The van der Waals surface area contributed by atoms with E-state index in [0.29, 0.717) is 11.3 Å². The maximum absolute atomic E-state index is 13.0. The second-order valence-corrected chi connectivity index (χ2v) is 8.93. The summed E-state index contributed by atoms with van der Waals surface area (Å²) in [4.78, 5) is 72.4. The van der Waals surface area contributed by atoms with Crippen molar-refractivity contribution in [2.75, 3.05) is 12.0 Å². The lowest BCUT2D eigenvalue weighted by Crippen LogP contribution is -2.58. The van der Waals surface area contributed by atoms with E-state index in [1.165, 1.54) is 11.8 Å². The lowest BCUT2D eigenvalue weighted by Gasteiger charge is -2.25. The molecule has 10 N–H and O–H groups in total. The van der Waals surface area contributed by atoms with E-state index in [4.69, 9.17) is 17.2 Å². The fourth-order valence-corrected chi connectivity index (χ4v) is 3.57. The molecule has 0 saturated heterocycles. The highest BCUT2D eigenvalue weighted by Crippen LogP contribution is 2.07. The fourth-order valence-electron chi connectivity index (χ4n) is 3.10. The molecule has 1 rings (SSSR count). The molecule has 0 heterocycles. The predicted molar refractivity (Wildman–Crippen MR) is 132 cm³/mol. The number of primary amides is 2. The zero-order valence-corrected chi connectivity index (χ0v) is 20.6. The molecule has 0 aliphatic heterocycles. The number of benzene rings is 1. The lowest BCUT2D eigenvalue weighted by atomic mass is 10.0. The Morgan fingerprint density at radius 2 is 1.36 bits per heavy atom. The van der Waals surface area contributed by atoms with Gasteiger partial charge in [0, 0.05) is 6.42 Å². The average Bonchev–Trinajstić information content (AvgIpc) is 2.80. The van der Waals surface area contributed by atoms with Crippen LogP contribution in [0.3, 0.4) is 0 Å². The summed E-state index contributed by atoms with van der Waals surface area (Å²) in [5.41, 5.74) is 16.5. The van der Waals surface area contributed by atoms with Crippen molar-refractivity contribution in [1.82, 2.24) is 16.0 Å². The molecule has 0 saturated carbocycles. The van der Waals surface area contributed by atoms with Gasteiger partial charge in [0.1, 0.15) is 18.1 Å². The minimum atomic E-state index is -1.51. The van der Waals surface area contributed by atoms with Crippen molar-refractivity contribution in [3.8, 4) is 0 Å². The zero-order chi connectivity index (χ0) is 27.3. The van der Waals surface area contributed by atoms with Crippen LogP contribution < -0.4 is 33.2 Å². The van der Waals surface area contributed by atoms with E-state index < -0.39 is 72.5 Å². The minimum Gasteiger partial charge on any atom is -0.480 e. The number of thioether (sulfide) groups is 1. The summed E-state index contributed by atoms with van der Waals surface area (Å²) in [5.74, 6) is -5.15. The highest BCUT2D eigenvalue weighted by Gasteiger charge is 2.31. The summed E-state index contributed by atoms with van der Waals surface area (Å²) in [5, 5.41) is 16.6. The van der Waals surface area contributed by atoms with Crippen molar-refractivity contribution in [3.05, 3.63) is 35.9 Å². The van der Waals surface area contributed by atoms with Gasteiger partial charge in [0.2, 0.25) is 29.5 Å². The molecule has 0 bridgehead atoms. The molecule has 5 amide bonds. The molecule has 1 aromatic rings. The maximum Gasteiger partial charge on any atom is 0.326 e. The second-order valence-electron chi connectivity index (χ2n) is 7.94. The van der Waals surface area contributed by atoms with Crippen LogP contribution in [0.15, 0.2) is 30.3 Å². The Labute approximate surface area is 212 Å². The standard InChI is InChI=1S/C22H32N6O7S/c1-36-8-7-14(22(34)35)26-20(32)15(9-12-5-3-2-4-6-12)28-21(33)16(11-18(25)30)27-19(31)13(23)10-17(24)29/h2-6,13-16H,7-11,23H2,1H3,(H2,24,29)(H2,25,30)(H,26,32)(H,27,31)(H,28,33)(H,34,35). The molecule has 198 valence electrons. The van der Waals surface area contributed by atoms with Crippen molar-refractivity contribution in [1.29, 1.82) is 0 Å². The summed E-state index contributed by atoms with van der Waals surface area (Å²) in [6.45, 7) is 0. The average molecular weight is 525 g/mol. The van der Waals surface area contributed by atoms with Gasteiger partial charge >= 0.3 is 5.97 Å². The van der Waals surface area contributed by atoms with E-state index in [-0.39, 0.29) is 12.8 Å². The molecule has 4 atom stereocenters. The number of nitrogens with one attached hydrogen (secondary N) is 3. The summed E-state index contributed by atoms with van der Waals surface area (Å²) in [7, 11) is 0. The van der Waals surface area contributed by atoms with Gasteiger partial charge < -0.3 is 38.3 Å². The molecule has 14 heteroatoms. The first-order chi connectivity index (χ1) is 16.9. The van der Waals surface area contributed by atoms with Gasteiger partial charge in [-0.05, 0) is 24.0 Å². The highest BCUT2D eigenvalue weighted by molar-refractivity contribution is 7.98. The predicted octanol–water partition coefficient (Wildman–Crippen LogP) is -2.40. The van der Waals surface area contributed by atoms with Crippen LogP contribution in [0.4, 0.5) is 0 Å². The molecular formula is C22H32N6O7S. The first kappa shape index (κ1) is 30.4. The SMILES string of the molecule is CSCCC(NC(=O)C(Cc1ccccc1)NC(=O)C(CC(N)=O)NC(=O)C(N)CC(N)=O)C(=O)O. The third kappa shape index (κ3) is 11.2. The molecule has 36 heavy (non-hydrogen) atoms. The third-order valence-electron chi connectivity index (χ3n) is 4.94. The number of aliphatic carboxylic acids is 1. The van der Waals surface area contributed by atoms with Crippen molar-refractivity contribution in [2.24, 2.45) is 17.2 Å². The van der Waals surface area contributed by atoms with Crippen LogP contribution in [0.2, 0.25) is 0 Å². The van der Waals surface area contributed by atoms with Crippen LogP contribution in [-0.2, 0) is 35.2 Å². The highest BCUT2D eigenvalue weighted by atomic mass is 32.2. The van der Waals surface area contributed by atoms with Gasteiger partial charge in [-0.2, -0.15) is 11.8 Å². The van der Waals surface area contributed by atoms with Crippen LogP contribution in [0.25, 0.3) is 0 Å². The van der Waals surface area contributed by atoms with E-state index in [1.54, 1.807) is 36.6 Å². The number of nitrogens with two attached hydrogens (primary N) is 3. The number of carbonyl (C=O) groups is 6. The van der Waals surface area contributed by atoms with E-state index in [1.807, 2.05) is 0 Å². The van der Waals surface area contributed by atoms with Crippen LogP contribution in [0.5, 0.6) is 0 Å². The van der Waals surface area contributed by atoms with Crippen molar-refractivity contribution < 1.29 is 33.9 Å². The van der Waals surface area contributed by atoms with Gasteiger partial charge in [0.15, 0.2) is 0 Å². The monoisotopic (exact) mass is 524 g/mol. The van der Waals surface area contributed by atoms with Crippen LogP contribution >= 0.6 is 11.8 Å². The number of carboxylic acid groups (broad SMARTS) is 1. The molecule has 0 fully saturated rings. The molecule has 0 aromatic heterocycles. The lowest BCUT2D eigenvalue weighted by molar-refractivity contribution is -0.142. The molecule has 1 aromatic carbocycles. The molecule has 0 spiro atoms. The Morgan fingerprint density at radius 1 is 0.833 bits per heavy atom. The third-order valence-corrected chi connectivity index (χ3v) is 5.58. The van der Waals surface area contributed by atoms with Crippen LogP contribution in [0, 0.1) is 0 Å². The largest absolute Gasteiger partial charge is 0.480 e. The Hall–Kier alpha value is -3.65. The first-order valence-corrected chi connectivity index (χ1v) is 12.3. The van der Waals surface area contributed by atoms with Crippen LogP contribution in [-0.4, -0.2) is 76.8 Å². The summed E-state index contributed by atoms with van der Waals surface area (Å²) in [6, 6.07) is 3.31. The number of hydrogen-bond donors (Lipinski definition) is 7. The van der Waals surface area contributed by atoms with E-state index >= 15 is 0 Å². The number of rotatable bonds is 16. The molecule has 0 radical (unpaired) electrons. The van der Waals surface area contributed by atoms with Crippen molar-refractivity contribution >= 4 is 47.3 Å². The van der Waals surface area contributed by atoms with Crippen LogP contribution in [0.1, 0.15) is 24.8 Å². The summed E-state index contributed by atoms with van der Waals surface area (Å²) < 4.78 is 0. The minimum absolute atomic E-state index is 0.00823. The Balaban J connectivity index is 3.11. The Kier molecular flexibility index (Phi) is 13.0. The Bertz CT molecular complexity index is 946. The van der Waals surface area contributed by atoms with E-state index in [2.05, 4.69) is 16.0 Å². The van der Waals surface area contributed by atoms with Gasteiger partial charge in [-0.25, -0.2) is 4.79 Å². The molecular weight excluding hydrogens is 492 g/mol. The number of carboxylic acids is 1. The van der Waals surface area contributed by atoms with Gasteiger partial charge in [-0.3, -0.25) is 24.0 Å². The first-order valence-electron chi connectivity index (χ1n) is 10.9. The topological polar surface area (TPSA) is 237 Å². The van der Waals surface area contributed by atoms with Gasteiger partial charge in [-0.1, -0.05) is 30.3 Å². The zero-order valence-electron chi connectivity index (χ0n) is 19.8. The summed E-state index contributed by atoms with van der Waals surface area (Å²) >= 11 is 1.41. The quantitative estimate of drug-likeness (QED) is 0.122. The van der Waals surface area contributed by atoms with Crippen molar-refractivity contribution in [2.45, 2.75) is 49.9 Å². The summed E-state index contributed by atoms with van der Waals surface area (Å²) in [6.07, 6.45) is 0.828. The maximum atomic E-state index is 13.0. The number of carbonyl (C=O) groups excluding carboxylic acids is 5. The molecule has 13 nitrogen and oxygen atoms in total. The van der Waals surface area contributed by atoms with Gasteiger partial charge in [-0.15, -0.1) is 0 Å². The smallest absolute Gasteiger partial charge is 0.326 e. The normalized spacial score (nSPS) is 13.9. The Morgan fingerprint density at radius 3 is 1.89 bits per heavy atom. The van der Waals surface area contributed by atoms with Gasteiger partial charge in [0.05, 0.1) is 18.9 Å². The molecule has 0 aliphatic rings. The number of amides is 5. The van der Waals surface area contributed by atoms with E-state index in [9.17, 15) is 33.9 Å². The molecule has 4 unspecified atom stereocenters. The van der Waals surface area contributed by atoms with Gasteiger partial charge in [0.25, 0.3) is 0 Å². The van der Waals surface area contributed by atoms with Crippen molar-refractivity contribution in [3.63, 3.8) is 0 Å². The fraction of sp³-hybridized carbons (Fsp3) is 0.455. The van der Waals surface area contributed by atoms with E-state index in [0.717, 1.165) is 0 Å². The number of hydrogen-bond acceptors (Lipinski definition) is 8. The second kappa shape index (κ2) is 15.4. The molecule has 0 aliphatic carbocycles.